The van der Waals surface area contributed by atoms with E-state index in [2.05, 4.69) is 0 Å². The van der Waals surface area contributed by atoms with Crippen LogP contribution in [0.25, 0.3) is 5.69 Å². The lowest BCUT2D eigenvalue weighted by Crippen LogP contribution is -2.41. The molecule has 0 N–H and O–H groups in total. The molecular weight excluding hydrogens is 420 g/mol. The highest BCUT2D eigenvalue weighted by atomic mass is 35.5. The molecule has 0 unspecified atom stereocenters. The first-order chi connectivity index (χ1) is 13.6. The van der Waals surface area contributed by atoms with Crippen LogP contribution >= 0.6 is 11.6 Å². The topological polar surface area (TPSA) is 62.5 Å². The minimum Gasteiger partial charge on any atom is -0.466 e. The lowest BCUT2D eigenvalue weighted by Gasteiger charge is -2.16. The number of hydrogen-bond donors (Lipinski definition) is 0. The van der Waals surface area contributed by atoms with Gasteiger partial charge < -0.3 is 9.47 Å². The van der Waals surface area contributed by atoms with Crippen LogP contribution in [0.4, 0.5) is 17.6 Å². The van der Waals surface area contributed by atoms with Crippen molar-refractivity contribution in [3.63, 3.8) is 0 Å². The molecule has 1 heterocycles. The van der Waals surface area contributed by atoms with E-state index < -0.39 is 34.6 Å². The summed E-state index contributed by atoms with van der Waals surface area (Å²) in [6, 6.07) is 2.01. The largest absolute Gasteiger partial charge is 0.466 e. The van der Waals surface area contributed by atoms with Crippen LogP contribution in [0.2, 0.25) is 5.02 Å². The summed E-state index contributed by atoms with van der Waals surface area (Å²) < 4.78 is 64.7. The lowest BCUT2D eigenvalue weighted by molar-refractivity contribution is -0.144. The average Bonchev–Trinajstić information content (AvgIpc) is 3.14. The molecule has 0 radical (unpaired) electrons. The Bertz CT molecular complexity index is 1030. The van der Waals surface area contributed by atoms with Crippen molar-refractivity contribution >= 4 is 11.6 Å². The van der Waals surface area contributed by atoms with Gasteiger partial charge in [-0.1, -0.05) is 24.4 Å². The van der Waals surface area contributed by atoms with Gasteiger partial charge in [-0.3, -0.25) is 9.36 Å². The predicted octanol–water partition coefficient (Wildman–Crippen LogP) is 3.64. The first kappa shape index (κ1) is 21.4. The van der Waals surface area contributed by atoms with Crippen LogP contribution in [0.3, 0.4) is 0 Å². The maximum Gasteiger partial charge on any atom is 0.431 e. The molecule has 1 aliphatic carbocycles. The third-order valence-corrected chi connectivity index (χ3v) is 4.97. The van der Waals surface area contributed by atoms with Gasteiger partial charge in [-0.05, 0) is 18.9 Å². The van der Waals surface area contributed by atoms with Crippen LogP contribution in [-0.2, 0) is 18.0 Å². The Kier molecular flexibility index (Phi) is 6.04. The van der Waals surface area contributed by atoms with E-state index in [4.69, 9.17) is 21.1 Å². The van der Waals surface area contributed by atoms with E-state index in [-0.39, 0.29) is 38.9 Å². The van der Waals surface area contributed by atoms with E-state index in [1.807, 2.05) is 0 Å². The second kappa shape index (κ2) is 8.19. The van der Waals surface area contributed by atoms with Crippen molar-refractivity contribution in [3.05, 3.63) is 55.6 Å². The molecule has 0 saturated heterocycles. The molecule has 11 heteroatoms. The Morgan fingerprint density at radius 1 is 1.17 bits per heavy atom. The van der Waals surface area contributed by atoms with Crippen molar-refractivity contribution in [3.8, 4) is 11.4 Å². The van der Waals surface area contributed by atoms with Gasteiger partial charge in [-0.2, -0.15) is 13.2 Å². The highest BCUT2D eigenvalue weighted by Crippen LogP contribution is 2.30. The van der Waals surface area contributed by atoms with Gasteiger partial charge in [-0.15, -0.1) is 0 Å². The summed E-state index contributed by atoms with van der Waals surface area (Å²) in [7, 11) is 0.835. The molecule has 0 amide bonds. The SMILES string of the molecule is Cn1c(C(F)(F)F)cc(=O)n(-c2cc(OCOC3CCCC3)c(Cl)cc2F)c1=O. The molecule has 1 aromatic heterocycles. The Morgan fingerprint density at radius 2 is 1.83 bits per heavy atom. The van der Waals surface area contributed by atoms with Crippen molar-refractivity contribution in [1.82, 2.24) is 9.13 Å². The molecule has 3 rings (SSSR count). The minimum absolute atomic E-state index is 0.0403. The Labute approximate surface area is 167 Å². The summed E-state index contributed by atoms with van der Waals surface area (Å²) >= 11 is 5.94. The minimum atomic E-state index is -4.92. The molecule has 0 aliphatic heterocycles. The number of alkyl halides is 3. The molecule has 1 aromatic carbocycles. The number of ether oxygens (including phenoxy) is 2. The monoisotopic (exact) mass is 436 g/mol. The fourth-order valence-corrected chi connectivity index (χ4v) is 3.37. The highest BCUT2D eigenvalue weighted by molar-refractivity contribution is 6.32. The number of hydrogen-bond acceptors (Lipinski definition) is 4. The molecule has 158 valence electrons. The van der Waals surface area contributed by atoms with Gasteiger partial charge in [0.15, 0.2) is 6.79 Å². The quantitative estimate of drug-likeness (QED) is 0.530. The van der Waals surface area contributed by atoms with Crippen molar-refractivity contribution < 1.29 is 27.0 Å². The van der Waals surface area contributed by atoms with E-state index in [1.54, 1.807) is 0 Å². The van der Waals surface area contributed by atoms with E-state index in [9.17, 15) is 27.2 Å². The molecular formula is C18H17ClF4N2O4. The van der Waals surface area contributed by atoms with E-state index in [1.165, 1.54) is 0 Å². The molecule has 1 fully saturated rings. The number of rotatable bonds is 5. The molecule has 6 nitrogen and oxygen atoms in total. The molecule has 2 aromatic rings. The average molecular weight is 437 g/mol. The van der Waals surface area contributed by atoms with Crippen LogP contribution in [0.15, 0.2) is 27.8 Å². The zero-order chi connectivity index (χ0) is 21.3. The standard InChI is InChI=1S/C18H17ClF4N2O4/c1-24-15(18(21,22)23)8-16(26)25(17(24)27)13-7-14(11(19)6-12(13)20)29-9-28-10-4-2-3-5-10/h6-8,10H,2-5,9H2,1H3. The van der Waals surface area contributed by atoms with E-state index >= 15 is 0 Å². The second-order valence-corrected chi connectivity index (χ2v) is 7.02. The third-order valence-electron chi connectivity index (χ3n) is 4.67. The summed E-state index contributed by atoms with van der Waals surface area (Å²) in [6.45, 7) is -0.185. The molecule has 1 saturated carbocycles. The van der Waals surface area contributed by atoms with Gasteiger partial charge in [0.25, 0.3) is 5.56 Å². The maximum atomic E-state index is 14.4. The van der Waals surface area contributed by atoms with Crippen LogP contribution in [0.5, 0.6) is 5.75 Å². The van der Waals surface area contributed by atoms with Crippen molar-refractivity contribution in [2.45, 2.75) is 38.0 Å². The Balaban J connectivity index is 1.97. The normalized spacial score (nSPS) is 15.1. The van der Waals surface area contributed by atoms with Gasteiger partial charge in [0, 0.05) is 19.2 Å². The fraction of sp³-hybridized carbons (Fsp3) is 0.444. The third kappa shape index (κ3) is 4.48. The van der Waals surface area contributed by atoms with Crippen molar-refractivity contribution in [2.24, 2.45) is 7.05 Å². The number of halogens is 5. The Morgan fingerprint density at radius 3 is 2.45 bits per heavy atom. The van der Waals surface area contributed by atoms with Gasteiger partial charge in [0.05, 0.1) is 16.8 Å². The summed E-state index contributed by atoms with van der Waals surface area (Å²) in [6.07, 6.45) is -1.00. The summed E-state index contributed by atoms with van der Waals surface area (Å²) in [4.78, 5) is 24.5. The van der Waals surface area contributed by atoms with E-state index in [0.29, 0.717) is 0 Å². The molecule has 0 spiro atoms. The smallest absolute Gasteiger partial charge is 0.431 e. The van der Waals surface area contributed by atoms with Crippen LogP contribution in [-0.4, -0.2) is 22.0 Å². The van der Waals surface area contributed by atoms with Gasteiger partial charge in [-0.25, -0.2) is 13.8 Å². The molecule has 0 bridgehead atoms. The zero-order valence-electron chi connectivity index (χ0n) is 15.3. The summed E-state index contributed by atoms with van der Waals surface area (Å²) in [5.74, 6) is -1.15. The van der Waals surface area contributed by atoms with Crippen LogP contribution in [0.1, 0.15) is 31.4 Å². The highest BCUT2D eigenvalue weighted by Gasteiger charge is 2.35. The zero-order valence-corrected chi connectivity index (χ0v) is 16.0. The first-order valence-electron chi connectivity index (χ1n) is 8.73. The number of benzene rings is 1. The van der Waals surface area contributed by atoms with Crippen LogP contribution in [0, 0.1) is 5.82 Å². The predicted molar refractivity (Wildman–Crippen MR) is 96.1 cm³/mol. The van der Waals surface area contributed by atoms with Crippen molar-refractivity contribution in [1.29, 1.82) is 0 Å². The van der Waals surface area contributed by atoms with Gasteiger partial charge in [0.1, 0.15) is 17.3 Å². The molecule has 29 heavy (non-hydrogen) atoms. The number of nitrogens with zero attached hydrogens (tertiary/aromatic N) is 2. The summed E-state index contributed by atoms with van der Waals surface area (Å²) in [5.41, 5.74) is -4.72. The van der Waals surface area contributed by atoms with E-state index in [0.717, 1.165) is 44.9 Å². The summed E-state index contributed by atoms with van der Waals surface area (Å²) in [5, 5.41) is -0.141. The van der Waals surface area contributed by atoms with Gasteiger partial charge in [0.2, 0.25) is 0 Å². The first-order valence-corrected chi connectivity index (χ1v) is 9.11. The second-order valence-electron chi connectivity index (χ2n) is 6.61. The van der Waals surface area contributed by atoms with Crippen LogP contribution < -0.4 is 16.0 Å². The molecule has 1 aliphatic rings. The maximum absolute atomic E-state index is 14.4. The van der Waals surface area contributed by atoms with Crippen molar-refractivity contribution in [2.75, 3.05) is 6.79 Å². The fourth-order valence-electron chi connectivity index (χ4n) is 3.17. The Hall–Kier alpha value is -2.33. The van der Waals surface area contributed by atoms with Gasteiger partial charge >= 0.3 is 11.9 Å². The number of aromatic nitrogens is 2. The molecule has 0 atom stereocenters. The lowest BCUT2D eigenvalue weighted by atomic mass is 10.2.